The molecule has 1 fully saturated rings. The number of rotatable bonds is 7. The SMILES string of the molecule is CN(C)CCn1ccc2c(N3CCOCC3)nc(-c3ccc(NC(=O)Nc4ccncc4)cc3)nc21. The van der Waals surface area contributed by atoms with Gasteiger partial charge in [0.25, 0.3) is 0 Å². The lowest BCUT2D eigenvalue weighted by Crippen LogP contribution is -2.37. The molecule has 36 heavy (non-hydrogen) atoms. The summed E-state index contributed by atoms with van der Waals surface area (Å²) < 4.78 is 7.75. The van der Waals surface area contributed by atoms with Crippen molar-refractivity contribution in [2.45, 2.75) is 6.54 Å². The third kappa shape index (κ3) is 5.45. The van der Waals surface area contributed by atoms with Crippen molar-refractivity contribution in [3.63, 3.8) is 0 Å². The molecule has 4 aromatic rings. The second-order valence-electron chi connectivity index (χ2n) is 8.91. The molecule has 0 unspecified atom stereocenters. The number of carbonyl (C=O) groups excluding carboxylic acids is 1. The van der Waals surface area contributed by atoms with E-state index in [-0.39, 0.29) is 6.03 Å². The van der Waals surface area contributed by atoms with Crippen LogP contribution < -0.4 is 15.5 Å². The van der Waals surface area contributed by atoms with Gasteiger partial charge in [0.15, 0.2) is 5.82 Å². The number of hydrogen-bond acceptors (Lipinski definition) is 7. The maximum atomic E-state index is 12.3. The predicted molar refractivity (Wildman–Crippen MR) is 141 cm³/mol. The second-order valence-corrected chi connectivity index (χ2v) is 8.91. The van der Waals surface area contributed by atoms with Gasteiger partial charge in [-0.2, -0.15) is 0 Å². The molecule has 10 heteroatoms. The summed E-state index contributed by atoms with van der Waals surface area (Å²) in [4.78, 5) is 30.6. The topological polar surface area (TPSA) is 100 Å². The zero-order valence-corrected chi connectivity index (χ0v) is 20.5. The molecule has 0 radical (unpaired) electrons. The Kier molecular flexibility index (Phi) is 7.06. The van der Waals surface area contributed by atoms with Gasteiger partial charge in [-0.15, -0.1) is 0 Å². The van der Waals surface area contributed by atoms with E-state index in [1.165, 1.54) is 0 Å². The molecule has 1 saturated heterocycles. The highest BCUT2D eigenvalue weighted by molar-refractivity contribution is 5.99. The van der Waals surface area contributed by atoms with Crippen LogP contribution in [0.15, 0.2) is 61.1 Å². The van der Waals surface area contributed by atoms with Gasteiger partial charge in [-0.1, -0.05) is 0 Å². The second kappa shape index (κ2) is 10.7. The lowest BCUT2D eigenvalue weighted by Gasteiger charge is -2.28. The molecule has 1 aromatic carbocycles. The van der Waals surface area contributed by atoms with Crippen molar-refractivity contribution in [3.8, 4) is 11.4 Å². The van der Waals surface area contributed by atoms with Crippen LogP contribution in [0.2, 0.25) is 0 Å². The third-order valence-electron chi connectivity index (χ3n) is 6.04. The largest absolute Gasteiger partial charge is 0.378 e. The van der Waals surface area contributed by atoms with Gasteiger partial charge in [0.2, 0.25) is 0 Å². The van der Waals surface area contributed by atoms with Crippen LogP contribution in [-0.2, 0) is 11.3 Å². The van der Waals surface area contributed by atoms with Crippen LogP contribution in [0.1, 0.15) is 0 Å². The van der Waals surface area contributed by atoms with Gasteiger partial charge in [0.1, 0.15) is 11.5 Å². The molecule has 4 heterocycles. The Hall–Kier alpha value is -4.02. The first-order valence-electron chi connectivity index (χ1n) is 12.0. The molecule has 186 valence electrons. The highest BCUT2D eigenvalue weighted by atomic mass is 16.5. The fraction of sp³-hybridized carbons (Fsp3) is 0.308. The number of amides is 2. The number of nitrogens with zero attached hydrogens (tertiary/aromatic N) is 6. The number of anilines is 3. The molecular weight excluding hydrogens is 456 g/mol. The quantitative estimate of drug-likeness (QED) is 0.412. The molecule has 0 saturated carbocycles. The van der Waals surface area contributed by atoms with Crippen molar-refractivity contribution in [2.75, 3.05) is 62.5 Å². The van der Waals surface area contributed by atoms with E-state index in [4.69, 9.17) is 14.7 Å². The van der Waals surface area contributed by atoms with Crippen LogP contribution in [0.4, 0.5) is 22.0 Å². The first kappa shape index (κ1) is 23.7. The van der Waals surface area contributed by atoms with Crippen LogP contribution in [-0.4, -0.2) is 77.4 Å². The molecule has 0 spiro atoms. The Morgan fingerprint density at radius 2 is 1.67 bits per heavy atom. The van der Waals surface area contributed by atoms with Gasteiger partial charge in [0, 0.05) is 61.7 Å². The van der Waals surface area contributed by atoms with Crippen molar-refractivity contribution in [1.29, 1.82) is 0 Å². The van der Waals surface area contributed by atoms with E-state index in [0.29, 0.717) is 30.4 Å². The number of hydrogen-bond donors (Lipinski definition) is 2. The normalized spacial score (nSPS) is 13.8. The predicted octanol–water partition coefficient (Wildman–Crippen LogP) is 3.54. The zero-order valence-electron chi connectivity index (χ0n) is 20.5. The zero-order chi connectivity index (χ0) is 24.9. The maximum Gasteiger partial charge on any atom is 0.323 e. The molecule has 0 atom stereocenters. The first-order chi connectivity index (χ1) is 17.6. The number of urea groups is 1. The lowest BCUT2D eigenvalue weighted by atomic mass is 10.2. The molecule has 1 aliphatic heterocycles. The van der Waals surface area contributed by atoms with E-state index in [2.05, 4.69) is 56.3 Å². The van der Waals surface area contributed by atoms with Gasteiger partial charge in [-0.3, -0.25) is 4.98 Å². The van der Waals surface area contributed by atoms with Crippen molar-refractivity contribution in [3.05, 3.63) is 61.1 Å². The smallest absolute Gasteiger partial charge is 0.323 e. The number of fused-ring (bicyclic) bond motifs is 1. The molecule has 5 rings (SSSR count). The minimum atomic E-state index is -0.319. The fourth-order valence-corrected chi connectivity index (χ4v) is 4.11. The van der Waals surface area contributed by atoms with E-state index >= 15 is 0 Å². The van der Waals surface area contributed by atoms with E-state index < -0.39 is 0 Å². The van der Waals surface area contributed by atoms with E-state index in [9.17, 15) is 4.79 Å². The van der Waals surface area contributed by atoms with Crippen molar-refractivity contribution >= 4 is 34.3 Å². The van der Waals surface area contributed by atoms with E-state index in [0.717, 1.165) is 48.6 Å². The average molecular weight is 487 g/mol. The summed E-state index contributed by atoms with van der Waals surface area (Å²) in [6, 6.07) is 12.8. The van der Waals surface area contributed by atoms with Crippen LogP contribution >= 0.6 is 0 Å². The Balaban J connectivity index is 1.41. The summed E-state index contributed by atoms with van der Waals surface area (Å²) in [5.74, 6) is 1.59. The number of likely N-dealkylation sites (N-methyl/N-ethyl adjacent to an activating group) is 1. The minimum Gasteiger partial charge on any atom is -0.378 e. The average Bonchev–Trinajstić information content (AvgIpc) is 3.31. The van der Waals surface area contributed by atoms with Crippen LogP contribution in [0.25, 0.3) is 22.4 Å². The molecule has 10 nitrogen and oxygen atoms in total. The third-order valence-corrected chi connectivity index (χ3v) is 6.04. The molecule has 0 bridgehead atoms. The summed E-state index contributed by atoms with van der Waals surface area (Å²) in [6.45, 7) is 4.71. The summed E-state index contributed by atoms with van der Waals surface area (Å²) >= 11 is 0. The molecule has 3 aromatic heterocycles. The van der Waals surface area contributed by atoms with Crippen LogP contribution in [0.3, 0.4) is 0 Å². The van der Waals surface area contributed by atoms with Gasteiger partial charge in [0.05, 0.1) is 18.6 Å². The number of benzene rings is 1. The number of nitrogens with one attached hydrogen (secondary N) is 2. The number of carbonyl (C=O) groups is 1. The lowest BCUT2D eigenvalue weighted by molar-refractivity contribution is 0.122. The summed E-state index contributed by atoms with van der Waals surface area (Å²) in [6.07, 6.45) is 5.34. The molecule has 1 aliphatic rings. The van der Waals surface area contributed by atoms with E-state index in [1.807, 2.05) is 24.3 Å². The molecule has 2 amide bonds. The molecular formula is C26H30N8O2. The van der Waals surface area contributed by atoms with Gasteiger partial charge in [-0.05, 0) is 56.6 Å². The fourth-order valence-electron chi connectivity index (χ4n) is 4.11. The van der Waals surface area contributed by atoms with Crippen LogP contribution in [0, 0.1) is 0 Å². The summed E-state index contributed by atoms with van der Waals surface area (Å²) in [7, 11) is 4.14. The summed E-state index contributed by atoms with van der Waals surface area (Å²) in [5, 5.41) is 6.69. The van der Waals surface area contributed by atoms with Crippen molar-refractivity contribution < 1.29 is 9.53 Å². The number of morpholine rings is 1. The van der Waals surface area contributed by atoms with Gasteiger partial charge < -0.3 is 29.7 Å². The first-order valence-corrected chi connectivity index (χ1v) is 12.0. The maximum absolute atomic E-state index is 12.3. The monoisotopic (exact) mass is 486 g/mol. The van der Waals surface area contributed by atoms with Crippen LogP contribution in [0.5, 0.6) is 0 Å². The highest BCUT2D eigenvalue weighted by Gasteiger charge is 2.20. The number of pyridine rings is 1. The van der Waals surface area contributed by atoms with E-state index in [1.54, 1.807) is 24.5 Å². The number of aromatic nitrogens is 4. The molecule has 0 aliphatic carbocycles. The Morgan fingerprint density at radius 1 is 0.972 bits per heavy atom. The minimum absolute atomic E-state index is 0.319. The Labute approximate surface area is 209 Å². The van der Waals surface area contributed by atoms with Crippen molar-refractivity contribution in [2.24, 2.45) is 0 Å². The van der Waals surface area contributed by atoms with Crippen molar-refractivity contribution in [1.82, 2.24) is 24.4 Å². The Bertz CT molecular complexity index is 1320. The molecule has 2 N–H and O–H groups in total. The summed E-state index contributed by atoms with van der Waals surface area (Å²) in [5.41, 5.74) is 3.15. The highest BCUT2D eigenvalue weighted by Crippen LogP contribution is 2.29. The van der Waals surface area contributed by atoms with Gasteiger partial charge >= 0.3 is 6.03 Å². The van der Waals surface area contributed by atoms with Gasteiger partial charge in [-0.25, -0.2) is 14.8 Å². The standard InChI is InChI=1S/C26H30N8O2/c1-32(2)13-14-33-12-9-22-24(33)30-23(31-25(22)34-15-17-36-18-16-34)19-3-5-20(6-4-19)28-26(35)29-21-7-10-27-11-8-21/h3-12H,13-18H2,1-2H3,(H2,27,28,29,35). The number of ether oxygens (including phenoxy) is 1. The Morgan fingerprint density at radius 3 is 2.36 bits per heavy atom.